The summed E-state index contributed by atoms with van der Waals surface area (Å²) >= 11 is 6.06. The molecule has 1 saturated heterocycles. The first-order valence-electron chi connectivity index (χ1n) is 9.77. The second kappa shape index (κ2) is 8.69. The summed E-state index contributed by atoms with van der Waals surface area (Å²) in [5.74, 6) is -0.158. The molecular formula is C22H21ClN4O4. The van der Waals surface area contributed by atoms with E-state index in [1.165, 1.54) is 7.11 Å². The third kappa shape index (κ3) is 4.34. The minimum absolute atomic E-state index is 0.128. The minimum Gasteiger partial charge on any atom is -0.497 e. The van der Waals surface area contributed by atoms with Crippen LogP contribution < -0.4 is 20.3 Å². The summed E-state index contributed by atoms with van der Waals surface area (Å²) < 4.78 is 5.09. The van der Waals surface area contributed by atoms with E-state index >= 15 is 0 Å². The number of nitrogens with zero attached hydrogens (tertiary/aromatic N) is 1. The number of hydrogen-bond acceptors (Lipinski definition) is 4. The quantitative estimate of drug-likeness (QED) is 0.491. The molecule has 2 heterocycles. The Labute approximate surface area is 183 Å². The van der Waals surface area contributed by atoms with Gasteiger partial charge < -0.3 is 20.4 Å². The van der Waals surface area contributed by atoms with Crippen molar-refractivity contribution < 1.29 is 19.1 Å². The number of carbonyl (C=O) groups excluding carboxylic acids is 3. The molecule has 1 fully saturated rings. The average Bonchev–Trinajstić information content (AvgIpc) is 3.28. The fraction of sp³-hybridized carbons (Fsp3) is 0.227. The summed E-state index contributed by atoms with van der Waals surface area (Å²) in [7, 11) is 1.53. The molecule has 3 aromatic rings. The molecular weight excluding hydrogens is 420 g/mol. The molecule has 3 N–H and O–H groups in total. The van der Waals surface area contributed by atoms with Crippen LogP contribution in [-0.2, 0) is 16.0 Å². The van der Waals surface area contributed by atoms with Gasteiger partial charge in [-0.1, -0.05) is 11.6 Å². The molecule has 4 rings (SSSR count). The van der Waals surface area contributed by atoms with Gasteiger partial charge in [0.05, 0.1) is 19.2 Å². The van der Waals surface area contributed by atoms with Crippen molar-refractivity contribution in [2.45, 2.75) is 18.9 Å². The molecule has 0 spiro atoms. The molecule has 9 heteroatoms. The predicted octanol–water partition coefficient (Wildman–Crippen LogP) is 3.00. The number of amides is 4. The number of urea groups is 1. The van der Waals surface area contributed by atoms with Crippen LogP contribution >= 0.6 is 11.6 Å². The normalized spacial score (nSPS) is 15.9. The smallest absolute Gasteiger partial charge is 0.329 e. The number of carbonyl (C=O) groups is 3. The summed E-state index contributed by atoms with van der Waals surface area (Å²) in [6.45, 7) is 0.398. The highest BCUT2D eigenvalue weighted by molar-refractivity contribution is 6.31. The Bertz CT molecular complexity index is 1140. The van der Waals surface area contributed by atoms with Gasteiger partial charge in [-0.15, -0.1) is 0 Å². The van der Waals surface area contributed by atoms with Crippen molar-refractivity contribution in [3.05, 3.63) is 59.2 Å². The molecule has 1 unspecified atom stereocenters. The Balaban J connectivity index is 1.32. The number of ether oxygens (including phenoxy) is 1. The zero-order chi connectivity index (χ0) is 22.0. The van der Waals surface area contributed by atoms with Gasteiger partial charge in [-0.3, -0.25) is 9.59 Å². The number of rotatable bonds is 7. The van der Waals surface area contributed by atoms with E-state index in [0.717, 1.165) is 21.4 Å². The summed E-state index contributed by atoms with van der Waals surface area (Å²) in [6, 6.07) is 10.7. The number of halogens is 1. The molecule has 160 valence electrons. The van der Waals surface area contributed by atoms with Gasteiger partial charge >= 0.3 is 6.03 Å². The fourth-order valence-corrected chi connectivity index (χ4v) is 3.77. The van der Waals surface area contributed by atoms with E-state index in [1.807, 2.05) is 24.4 Å². The minimum atomic E-state index is -0.901. The lowest BCUT2D eigenvalue weighted by Gasteiger charge is -2.13. The van der Waals surface area contributed by atoms with Crippen molar-refractivity contribution in [1.82, 2.24) is 15.6 Å². The molecule has 4 amide bonds. The molecule has 0 radical (unpaired) electrons. The van der Waals surface area contributed by atoms with Gasteiger partial charge in [-0.05, 0) is 54.4 Å². The standard InChI is InChI=1S/C22H21ClN4O4/c1-31-16-5-3-15(4-6-16)27-21(29)19(26-22(27)30)11-20(28)24-9-8-13-12-25-18-7-2-14(23)10-17(13)18/h2-7,10,12,19,25H,8-9,11H2,1H3,(H,24,28)(H,26,30). The molecule has 31 heavy (non-hydrogen) atoms. The van der Waals surface area contributed by atoms with Crippen molar-refractivity contribution in [1.29, 1.82) is 0 Å². The topological polar surface area (TPSA) is 104 Å². The Kier molecular flexibility index (Phi) is 5.81. The zero-order valence-corrected chi connectivity index (χ0v) is 17.5. The first-order valence-corrected chi connectivity index (χ1v) is 10.1. The first-order chi connectivity index (χ1) is 15.0. The van der Waals surface area contributed by atoms with E-state index in [-0.39, 0.29) is 12.3 Å². The second-order valence-corrected chi connectivity index (χ2v) is 7.62. The lowest BCUT2D eigenvalue weighted by Crippen LogP contribution is -2.37. The SMILES string of the molecule is COc1ccc(N2C(=O)NC(CC(=O)NCCc3c[nH]c4ccc(Cl)cc34)C2=O)cc1. The fourth-order valence-electron chi connectivity index (χ4n) is 3.60. The van der Waals surface area contributed by atoms with Crippen LogP contribution in [0.4, 0.5) is 10.5 Å². The number of hydrogen-bond donors (Lipinski definition) is 3. The first kappa shape index (κ1) is 20.7. The van der Waals surface area contributed by atoms with E-state index in [1.54, 1.807) is 24.3 Å². The summed E-state index contributed by atoms with van der Waals surface area (Å²) in [4.78, 5) is 41.5. The van der Waals surface area contributed by atoms with Crippen LogP contribution in [0.25, 0.3) is 10.9 Å². The van der Waals surface area contributed by atoms with E-state index in [9.17, 15) is 14.4 Å². The van der Waals surface area contributed by atoms with E-state index in [2.05, 4.69) is 15.6 Å². The molecule has 0 aliphatic carbocycles. The van der Waals surface area contributed by atoms with Crippen molar-refractivity contribution in [3.8, 4) is 5.75 Å². The van der Waals surface area contributed by atoms with Crippen molar-refractivity contribution in [2.75, 3.05) is 18.6 Å². The highest BCUT2D eigenvalue weighted by Crippen LogP contribution is 2.24. The number of benzene rings is 2. The third-order valence-corrected chi connectivity index (χ3v) is 5.42. The average molecular weight is 441 g/mol. The maximum Gasteiger partial charge on any atom is 0.329 e. The Morgan fingerprint density at radius 1 is 1.19 bits per heavy atom. The monoisotopic (exact) mass is 440 g/mol. The van der Waals surface area contributed by atoms with Gasteiger partial charge in [0.2, 0.25) is 5.91 Å². The molecule has 1 atom stereocenters. The van der Waals surface area contributed by atoms with Crippen LogP contribution in [-0.4, -0.2) is 42.5 Å². The second-order valence-electron chi connectivity index (χ2n) is 7.18. The number of aromatic nitrogens is 1. The number of fused-ring (bicyclic) bond motifs is 1. The Morgan fingerprint density at radius 3 is 2.71 bits per heavy atom. The van der Waals surface area contributed by atoms with Crippen molar-refractivity contribution >= 4 is 46.0 Å². The van der Waals surface area contributed by atoms with Gasteiger partial charge in [0.15, 0.2) is 0 Å². The lowest BCUT2D eigenvalue weighted by molar-refractivity contribution is -0.125. The summed E-state index contributed by atoms with van der Waals surface area (Å²) in [5, 5.41) is 7.04. The molecule has 0 saturated carbocycles. The predicted molar refractivity (Wildman–Crippen MR) is 117 cm³/mol. The highest BCUT2D eigenvalue weighted by atomic mass is 35.5. The number of H-pyrrole nitrogens is 1. The molecule has 2 aromatic carbocycles. The highest BCUT2D eigenvalue weighted by Gasteiger charge is 2.40. The summed E-state index contributed by atoms with van der Waals surface area (Å²) in [5.41, 5.74) is 2.43. The lowest BCUT2D eigenvalue weighted by atomic mass is 10.1. The number of aromatic amines is 1. The van der Waals surface area contributed by atoms with Gasteiger partial charge in [-0.2, -0.15) is 0 Å². The van der Waals surface area contributed by atoms with Gasteiger partial charge in [0, 0.05) is 28.7 Å². The molecule has 8 nitrogen and oxygen atoms in total. The number of nitrogens with one attached hydrogen (secondary N) is 3. The Morgan fingerprint density at radius 2 is 1.97 bits per heavy atom. The van der Waals surface area contributed by atoms with Gasteiger partial charge in [0.25, 0.3) is 5.91 Å². The zero-order valence-electron chi connectivity index (χ0n) is 16.8. The van der Waals surface area contributed by atoms with E-state index in [4.69, 9.17) is 16.3 Å². The van der Waals surface area contributed by atoms with E-state index in [0.29, 0.717) is 29.4 Å². The van der Waals surface area contributed by atoms with Crippen molar-refractivity contribution in [2.24, 2.45) is 0 Å². The van der Waals surface area contributed by atoms with Gasteiger partial charge in [-0.25, -0.2) is 9.69 Å². The molecule has 1 aliphatic rings. The van der Waals surface area contributed by atoms with Crippen LogP contribution in [0.1, 0.15) is 12.0 Å². The maximum atomic E-state index is 12.7. The molecule has 1 aromatic heterocycles. The van der Waals surface area contributed by atoms with E-state index < -0.39 is 18.0 Å². The third-order valence-electron chi connectivity index (χ3n) is 5.19. The van der Waals surface area contributed by atoms with Crippen LogP contribution in [0.5, 0.6) is 5.75 Å². The Hall–Kier alpha value is -3.52. The van der Waals surface area contributed by atoms with Crippen LogP contribution in [0.15, 0.2) is 48.7 Å². The summed E-state index contributed by atoms with van der Waals surface area (Å²) in [6.07, 6.45) is 2.37. The maximum absolute atomic E-state index is 12.7. The molecule has 1 aliphatic heterocycles. The number of anilines is 1. The van der Waals surface area contributed by atoms with Crippen LogP contribution in [0.3, 0.4) is 0 Å². The van der Waals surface area contributed by atoms with Crippen LogP contribution in [0.2, 0.25) is 5.02 Å². The molecule has 0 bridgehead atoms. The van der Waals surface area contributed by atoms with Crippen molar-refractivity contribution in [3.63, 3.8) is 0 Å². The number of imide groups is 1. The largest absolute Gasteiger partial charge is 0.497 e. The number of methoxy groups -OCH3 is 1. The van der Waals surface area contributed by atoms with Gasteiger partial charge in [0.1, 0.15) is 11.8 Å². The van der Waals surface area contributed by atoms with Crippen LogP contribution in [0, 0.1) is 0 Å².